The molecule has 0 fully saturated rings. The fourth-order valence-electron chi connectivity index (χ4n) is 0.805. The molecule has 0 aliphatic rings. The summed E-state index contributed by atoms with van der Waals surface area (Å²) in [7, 11) is 0. The van der Waals surface area contributed by atoms with Gasteiger partial charge in [0.15, 0.2) is 0 Å². The standard InChI is InChI=1S/C9H16.C2H6/c1-4-6-8-9(3)7-5-2;1-2/h4-5,9H,1-2,6-8H2,3H3;1-2H3. The molecule has 0 amide bonds. The third kappa shape index (κ3) is 12.6. The van der Waals surface area contributed by atoms with Crippen LogP contribution >= 0.6 is 0 Å². The molecular weight excluding hydrogens is 132 g/mol. The number of hydrogen-bond donors (Lipinski definition) is 0. The summed E-state index contributed by atoms with van der Waals surface area (Å²) in [6.45, 7) is 13.6. The average molecular weight is 154 g/mol. The van der Waals surface area contributed by atoms with Crippen LogP contribution in [0, 0.1) is 5.92 Å². The van der Waals surface area contributed by atoms with Gasteiger partial charge in [-0.2, -0.15) is 0 Å². The van der Waals surface area contributed by atoms with Crippen LogP contribution in [0.25, 0.3) is 0 Å². The Hall–Kier alpha value is -0.520. The van der Waals surface area contributed by atoms with Gasteiger partial charge >= 0.3 is 0 Å². The number of rotatable bonds is 5. The van der Waals surface area contributed by atoms with Crippen LogP contribution in [0.1, 0.15) is 40.0 Å². The Morgan fingerprint density at radius 2 is 1.73 bits per heavy atom. The van der Waals surface area contributed by atoms with Gasteiger partial charge in [-0.05, 0) is 25.2 Å². The van der Waals surface area contributed by atoms with E-state index in [1.54, 1.807) is 0 Å². The molecule has 0 aromatic carbocycles. The monoisotopic (exact) mass is 154 g/mol. The second-order valence-corrected chi connectivity index (χ2v) is 2.50. The molecule has 1 atom stereocenters. The van der Waals surface area contributed by atoms with Crippen molar-refractivity contribution in [3.63, 3.8) is 0 Å². The van der Waals surface area contributed by atoms with E-state index in [-0.39, 0.29) is 0 Å². The molecule has 0 spiro atoms. The van der Waals surface area contributed by atoms with Gasteiger partial charge in [-0.25, -0.2) is 0 Å². The van der Waals surface area contributed by atoms with E-state index in [4.69, 9.17) is 0 Å². The van der Waals surface area contributed by atoms with Crippen molar-refractivity contribution in [2.45, 2.75) is 40.0 Å². The van der Waals surface area contributed by atoms with Gasteiger partial charge in [0.2, 0.25) is 0 Å². The summed E-state index contributed by atoms with van der Waals surface area (Å²) in [6, 6.07) is 0. The zero-order chi connectivity index (χ0) is 9.11. The van der Waals surface area contributed by atoms with E-state index < -0.39 is 0 Å². The Kier molecular flexibility index (Phi) is 14.5. The van der Waals surface area contributed by atoms with Crippen molar-refractivity contribution >= 4 is 0 Å². The molecule has 0 saturated carbocycles. The topological polar surface area (TPSA) is 0 Å². The molecule has 0 rings (SSSR count). The lowest BCUT2D eigenvalue weighted by Gasteiger charge is -2.04. The van der Waals surface area contributed by atoms with Gasteiger partial charge in [-0.3, -0.25) is 0 Å². The van der Waals surface area contributed by atoms with E-state index in [2.05, 4.69) is 20.1 Å². The Bertz CT molecular complexity index is 82.0. The molecule has 66 valence electrons. The molecule has 0 N–H and O–H groups in total. The van der Waals surface area contributed by atoms with Crippen LogP contribution in [-0.4, -0.2) is 0 Å². The van der Waals surface area contributed by atoms with Crippen LogP contribution in [0.15, 0.2) is 25.3 Å². The third-order valence-electron chi connectivity index (χ3n) is 1.43. The zero-order valence-corrected chi connectivity index (χ0v) is 8.27. The quantitative estimate of drug-likeness (QED) is 0.521. The molecule has 0 aromatic heterocycles. The Morgan fingerprint density at radius 3 is 2.09 bits per heavy atom. The van der Waals surface area contributed by atoms with E-state index in [1.807, 2.05) is 26.0 Å². The van der Waals surface area contributed by atoms with Crippen LogP contribution in [-0.2, 0) is 0 Å². The van der Waals surface area contributed by atoms with Crippen molar-refractivity contribution in [2.24, 2.45) is 5.92 Å². The minimum Gasteiger partial charge on any atom is -0.103 e. The number of hydrogen-bond acceptors (Lipinski definition) is 0. The lowest BCUT2D eigenvalue weighted by Crippen LogP contribution is -1.89. The summed E-state index contributed by atoms with van der Waals surface area (Å²) in [6.07, 6.45) is 7.46. The van der Waals surface area contributed by atoms with Gasteiger partial charge in [-0.15, -0.1) is 13.2 Å². The van der Waals surface area contributed by atoms with Gasteiger partial charge in [0, 0.05) is 0 Å². The third-order valence-corrected chi connectivity index (χ3v) is 1.43. The molecule has 0 aromatic rings. The summed E-state index contributed by atoms with van der Waals surface area (Å²) in [4.78, 5) is 0. The fraction of sp³-hybridized carbons (Fsp3) is 0.636. The van der Waals surface area contributed by atoms with Crippen LogP contribution in [0.2, 0.25) is 0 Å². The first-order chi connectivity index (χ1) is 5.31. The smallest absolute Gasteiger partial charge is 0.0327 e. The molecule has 0 saturated heterocycles. The molecule has 0 radical (unpaired) electrons. The SMILES string of the molecule is C=CCCC(C)CC=C.CC. The van der Waals surface area contributed by atoms with Gasteiger partial charge in [0.25, 0.3) is 0 Å². The minimum atomic E-state index is 0.778. The fourth-order valence-corrected chi connectivity index (χ4v) is 0.805. The maximum atomic E-state index is 3.68. The maximum absolute atomic E-state index is 3.68. The highest BCUT2D eigenvalue weighted by Gasteiger charge is 1.95. The first kappa shape index (κ1) is 13.1. The van der Waals surface area contributed by atoms with Crippen LogP contribution in [0.3, 0.4) is 0 Å². The molecule has 0 bridgehead atoms. The van der Waals surface area contributed by atoms with Crippen molar-refractivity contribution < 1.29 is 0 Å². The van der Waals surface area contributed by atoms with Crippen molar-refractivity contribution in [1.82, 2.24) is 0 Å². The van der Waals surface area contributed by atoms with Crippen LogP contribution in [0.4, 0.5) is 0 Å². The molecule has 1 unspecified atom stereocenters. The second kappa shape index (κ2) is 12.2. The first-order valence-electron chi connectivity index (χ1n) is 4.53. The lowest BCUT2D eigenvalue weighted by molar-refractivity contribution is 0.547. The lowest BCUT2D eigenvalue weighted by atomic mass is 10.0. The van der Waals surface area contributed by atoms with Crippen LogP contribution < -0.4 is 0 Å². The highest BCUT2D eigenvalue weighted by molar-refractivity contribution is 4.73. The normalized spacial score (nSPS) is 10.8. The van der Waals surface area contributed by atoms with E-state index in [1.165, 1.54) is 6.42 Å². The summed E-state index contributed by atoms with van der Waals surface area (Å²) >= 11 is 0. The highest BCUT2D eigenvalue weighted by Crippen LogP contribution is 2.09. The highest BCUT2D eigenvalue weighted by atomic mass is 14.0. The number of allylic oxidation sites excluding steroid dienone is 2. The Labute approximate surface area is 72.0 Å². The van der Waals surface area contributed by atoms with Crippen LogP contribution in [0.5, 0.6) is 0 Å². The molecule has 0 heteroatoms. The van der Waals surface area contributed by atoms with Crippen molar-refractivity contribution in [1.29, 1.82) is 0 Å². The van der Waals surface area contributed by atoms with Gasteiger partial charge < -0.3 is 0 Å². The van der Waals surface area contributed by atoms with Crippen molar-refractivity contribution in [3.05, 3.63) is 25.3 Å². The molecule has 0 heterocycles. The van der Waals surface area contributed by atoms with Gasteiger partial charge in [-0.1, -0.05) is 32.9 Å². The summed E-state index contributed by atoms with van der Waals surface area (Å²) in [5, 5.41) is 0. The molecule has 11 heavy (non-hydrogen) atoms. The predicted octanol–water partition coefficient (Wildman–Crippen LogP) is 4.19. The predicted molar refractivity (Wildman–Crippen MR) is 54.8 cm³/mol. The minimum absolute atomic E-state index is 0.778. The second-order valence-electron chi connectivity index (χ2n) is 2.50. The average Bonchev–Trinajstić information content (AvgIpc) is 2.05. The van der Waals surface area contributed by atoms with E-state index >= 15 is 0 Å². The zero-order valence-electron chi connectivity index (χ0n) is 8.27. The Morgan fingerprint density at radius 1 is 1.18 bits per heavy atom. The molecule has 0 aliphatic carbocycles. The summed E-state index contributed by atoms with van der Waals surface area (Å²) in [5.41, 5.74) is 0. The first-order valence-corrected chi connectivity index (χ1v) is 4.53. The van der Waals surface area contributed by atoms with E-state index in [0.717, 1.165) is 18.8 Å². The largest absolute Gasteiger partial charge is 0.103 e. The van der Waals surface area contributed by atoms with Crippen molar-refractivity contribution in [2.75, 3.05) is 0 Å². The summed E-state index contributed by atoms with van der Waals surface area (Å²) in [5.74, 6) is 0.778. The van der Waals surface area contributed by atoms with Gasteiger partial charge in [0.1, 0.15) is 0 Å². The Balaban J connectivity index is 0. The van der Waals surface area contributed by atoms with Crippen molar-refractivity contribution in [3.8, 4) is 0 Å². The van der Waals surface area contributed by atoms with Gasteiger partial charge in [0.05, 0.1) is 0 Å². The maximum Gasteiger partial charge on any atom is -0.0327 e. The van der Waals surface area contributed by atoms with E-state index in [0.29, 0.717) is 0 Å². The molecule has 0 aliphatic heterocycles. The molecular formula is C11H22. The molecule has 0 nitrogen and oxygen atoms in total. The van der Waals surface area contributed by atoms with E-state index in [9.17, 15) is 0 Å². The summed E-state index contributed by atoms with van der Waals surface area (Å²) < 4.78 is 0.